The summed E-state index contributed by atoms with van der Waals surface area (Å²) in [6.07, 6.45) is 0. The standard InChI is InChI=1S/C46H29NO/c1-2-12-31-27-33(24-23-30(31)11-1)32-13-9-14-34(28-32)47(44-21-10-20-42-41-19-7-8-22-45(41)48-46(42)44)35-25-26-40-38-17-4-3-15-36(38)37-16-5-6-18-39(37)43(40)29-35/h1-29H. The Hall–Kier alpha value is -6.38. The van der Waals surface area contributed by atoms with E-state index in [0.29, 0.717) is 0 Å². The van der Waals surface area contributed by atoms with Crippen LogP contribution in [0.25, 0.3) is 76.2 Å². The highest BCUT2D eigenvalue weighted by Gasteiger charge is 2.21. The number of anilines is 3. The zero-order chi connectivity index (χ0) is 31.6. The van der Waals surface area contributed by atoms with Gasteiger partial charge in [0.15, 0.2) is 5.58 Å². The molecule has 224 valence electrons. The maximum atomic E-state index is 6.64. The first kappa shape index (κ1) is 26.8. The molecule has 0 amide bonds. The van der Waals surface area contributed by atoms with E-state index in [1.807, 2.05) is 6.07 Å². The first-order chi connectivity index (χ1) is 23.8. The number of hydrogen-bond donors (Lipinski definition) is 0. The van der Waals surface area contributed by atoms with E-state index in [-0.39, 0.29) is 0 Å². The number of benzene rings is 9. The first-order valence-corrected chi connectivity index (χ1v) is 16.4. The van der Waals surface area contributed by atoms with Gasteiger partial charge >= 0.3 is 0 Å². The lowest BCUT2D eigenvalue weighted by Crippen LogP contribution is -2.10. The van der Waals surface area contributed by atoms with Crippen LogP contribution >= 0.6 is 0 Å². The number of fused-ring (bicyclic) bond motifs is 10. The molecule has 10 aromatic rings. The molecule has 0 N–H and O–H groups in total. The summed E-state index contributed by atoms with van der Waals surface area (Å²) < 4.78 is 6.64. The molecule has 0 aliphatic rings. The van der Waals surface area contributed by atoms with E-state index in [0.717, 1.165) is 44.6 Å². The molecule has 0 spiro atoms. The Labute approximate surface area is 277 Å². The van der Waals surface area contributed by atoms with Gasteiger partial charge in [-0.2, -0.15) is 0 Å². The lowest BCUT2D eigenvalue weighted by molar-refractivity contribution is 0.669. The van der Waals surface area contributed by atoms with Crippen molar-refractivity contribution in [3.8, 4) is 11.1 Å². The van der Waals surface area contributed by atoms with Crippen molar-refractivity contribution in [1.82, 2.24) is 0 Å². The molecule has 1 aromatic heterocycles. The van der Waals surface area contributed by atoms with Crippen molar-refractivity contribution in [2.45, 2.75) is 0 Å². The molecule has 0 aliphatic carbocycles. The predicted octanol–water partition coefficient (Wildman–Crippen LogP) is 13.3. The van der Waals surface area contributed by atoms with Crippen LogP contribution in [0.4, 0.5) is 17.1 Å². The topological polar surface area (TPSA) is 16.4 Å². The minimum Gasteiger partial charge on any atom is -0.454 e. The van der Waals surface area contributed by atoms with E-state index in [1.54, 1.807) is 0 Å². The molecule has 0 bridgehead atoms. The quantitative estimate of drug-likeness (QED) is 0.184. The number of furan rings is 1. The van der Waals surface area contributed by atoms with Crippen molar-refractivity contribution in [3.63, 3.8) is 0 Å². The molecule has 2 nitrogen and oxygen atoms in total. The molecule has 0 atom stereocenters. The van der Waals surface area contributed by atoms with E-state index >= 15 is 0 Å². The normalized spacial score (nSPS) is 11.8. The smallest absolute Gasteiger partial charge is 0.159 e. The molecule has 2 heteroatoms. The summed E-state index contributed by atoms with van der Waals surface area (Å²) in [6.45, 7) is 0. The fourth-order valence-electron chi connectivity index (χ4n) is 7.56. The number of nitrogens with zero attached hydrogens (tertiary/aromatic N) is 1. The summed E-state index contributed by atoms with van der Waals surface area (Å²) in [5, 5.41) is 12.2. The van der Waals surface area contributed by atoms with Gasteiger partial charge in [-0.15, -0.1) is 0 Å². The summed E-state index contributed by atoms with van der Waals surface area (Å²) in [7, 11) is 0. The third-order valence-electron chi connectivity index (χ3n) is 9.80. The van der Waals surface area contributed by atoms with Gasteiger partial charge in [0.05, 0.1) is 5.69 Å². The molecule has 0 unspecified atom stereocenters. The van der Waals surface area contributed by atoms with Gasteiger partial charge in [0.1, 0.15) is 5.58 Å². The molecule has 0 saturated carbocycles. The number of hydrogen-bond acceptors (Lipinski definition) is 2. The van der Waals surface area contributed by atoms with Gasteiger partial charge in [0, 0.05) is 22.1 Å². The van der Waals surface area contributed by atoms with Crippen LogP contribution in [-0.2, 0) is 0 Å². The van der Waals surface area contributed by atoms with Gasteiger partial charge in [-0.3, -0.25) is 0 Å². The van der Waals surface area contributed by atoms with Crippen molar-refractivity contribution in [2.75, 3.05) is 4.90 Å². The van der Waals surface area contributed by atoms with Crippen molar-refractivity contribution in [2.24, 2.45) is 0 Å². The van der Waals surface area contributed by atoms with Crippen LogP contribution in [0.2, 0.25) is 0 Å². The molecule has 1 heterocycles. The Balaban J connectivity index is 1.25. The lowest BCUT2D eigenvalue weighted by Gasteiger charge is -2.27. The van der Waals surface area contributed by atoms with E-state index in [1.165, 1.54) is 48.7 Å². The van der Waals surface area contributed by atoms with E-state index in [9.17, 15) is 0 Å². The number of para-hydroxylation sites is 2. The van der Waals surface area contributed by atoms with Gasteiger partial charge in [0.25, 0.3) is 0 Å². The van der Waals surface area contributed by atoms with Crippen LogP contribution in [0.1, 0.15) is 0 Å². The lowest BCUT2D eigenvalue weighted by atomic mass is 9.94. The van der Waals surface area contributed by atoms with Crippen LogP contribution in [0, 0.1) is 0 Å². The van der Waals surface area contributed by atoms with Gasteiger partial charge in [-0.1, -0.05) is 133 Å². The van der Waals surface area contributed by atoms with E-state index < -0.39 is 0 Å². The van der Waals surface area contributed by atoms with E-state index in [4.69, 9.17) is 4.42 Å². The Morgan fingerprint density at radius 3 is 1.71 bits per heavy atom. The molecule has 0 aliphatic heterocycles. The third-order valence-corrected chi connectivity index (χ3v) is 9.80. The Kier molecular flexibility index (Phi) is 5.91. The molecule has 0 radical (unpaired) electrons. The SMILES string of the molecule is c1cc(-c2ccc3ccccc3c2)cc(N(c2ccc3c4ccccc4c4ccccc4c3c2)c2cccc3c2oc2ccccc23)c1. The highest BCUT2D eigenvalue weighted by Crippen LogP contribution is 2.45. The summed E-state index contributed by atoms with van der Waals surface area (Å²) in [5.74, 6) is 0. The molecule has 0 fully saturated rings. The Bertz CT molecular complexity index is 2830. The largest absolute Gasteiger partial charge is 0.454 e. The first-order valence-electron chi connectivity index (χ1n) is 16.4. The molecule has 9 aromatic carbocycles. The molecule has 0 saturated heterocycles. The minimum absolute atomic E-state index is 0.873. The highest BCUT2D eigenvalue weighted by atomic mass is 16.3. The fraction of sp³-hybridized carbons (Fsp3) is 0. The third kappa shape index (κ3) is 4.13. The summed E-state index contributed by atoms with van der Waals surface area (Å²) in [4.78, 5) is 2.36. The summed E-state index contributed by atoms with van der Waals surface area (Å²) in [5.41, 5.74) is 7.26. The summed E-state index contributed by atoms with van der Waals surface area (Å²) >= 11 is 0. The second-order valence-corrected chi connectivity index (χ2v) is 12.5. The zero-order valence-corrected chi connectivity index (χ0v) is 26.1. The van der Waals surface area contributed by atoms with Crippen LogP contribution in [0.15, 0.2) is 180 Å². The van der Waals surface area contributed by atoms with Gasteiger partial charge in [-0.25, -0.2) is 0 Å². The molecular weight excluding hydrogens is 583 g/mol. The Morgan fingerprint density at radius 2 is 0.917 bits per heavy atom. The zero-order valence-electron chi connectivity index (χ0n) is 26.1. The fourth-order valence-corrected chi connectivity index (χ4v) is 7.56. The maximum Gasteiger partial charge on any atom is 0.159 e. The van der Waals surface area contributed by atoms with Crippen LogP contribution in [0.3, 0.4) is 0 Å². The predicted molar refractivity (Wildman–Crippen MR) is 204 cm³/mol. The molecular formula is C46H29NO. The van der Waals surface area contributed by atoms with Gasteiger partial charge in [0.2, 0.25) is 0 Å². The molecule has 10 rings (SSSR count). The van der Waals surface area contributed by atoms with Crippen LogP contribution in [-0.4, -0.2) is 0 Å². The second-order valence-electron chi connectivity index (χ2n) is 12.5. The highest BCUT2D eigenvalue weighted by molar-refractivity contribution is 6.26. The second kappa shape index (κ2) is 10.6. The Morgan fingerprint density at radius 1 is 0.333 bits per heavy atom. The van der Waals surface area contributed by atoms with Gasteiger partial charge < -0.3 is 9.32 Å². The average Bonchev–Trinajstić information content (AvgIpc) is 3.55. The van der Waals surface area contributed by atoms with Crippen LogP contribution < -0.4 is 4.90 Å². The van der Waals surface area contributed by atoms with E-state index in [2.05, 4.69) is 175 Å². The average molecular weight is 612 g/mol. The van der Waals surface area contributed by atoms with Crippen LogP contribution in [0.5, 0.6) is 0 Å². The van der Waals surface area contributed by atoms with Gasteiger partial charge in [-0.05, 0) is 96.7 Å². The van der Waals surface area contributed by atoms with Crippen molar-refractivity contribution < 1.29 is 4.42 Å². The molecule has 48 heavy (non-hydrogen) atoms. The van der Waals surface area contributed by atoms with Crippen molar-refractivity contribution >= 4 is 82.1 Å². The maximum absolute atomic E-state index is 6.64. The monoisotopic (exact) mass is 611 g/mol. The summed E-state index contributed by atoms with van der Waals surface area (Å²) in [6, 6.07) is 63.3. The van der Waals surface area contributed by atoms with Crippen molar-refractivity contribution in [1.29, 1.82) is 0 Å². The van der Waals surface area contributed by atoms with Crippen molar-refractivity contribution in [3.05, 3.63) is 176 Å². The minimum atomic E-state index is 0.873. The number of rotatable bonds is 4.